The summed E-state index contributed by atoms with van der Waals surface area (Å²) >= 11 is 1.22. The first kappa shape index (κ1) is 26.8. The van der Waals surface area contributed by atoms with Gasteiger partial charge in [0.1, 0.15) is 5.60 Å². The lowest BCUT2D eigenvalue weighted by atomic mass is 9.91. The van der Waals surface area contributed by atoms with Crippen molar-refractivity contribution in [1.29, 1.82) is 0 Å². The predicted octanol–water partition coefficient (Wildman–Crippen LogP) is 3.61. The van der Waals surface area contributed by atoms with Gasteiger partial charge in [0.25, 0.3) is 0 Å². The van der Waals surface area contributed by atoms with Crippen LogP contribution >= 0.6 is 11.8 Å². The summed E-state index contributed by atoms with van der Waals surface area (Å²) in [6.07, 6.45) is 5.79. The minimum atomic E-state index is -1.69. The molecule has 0 saturated heterocycles. The quantitative estimate of drug-likeness (QED) is 0.292. The molecule has 0 spiro atoms. The molecule has 1 saturated carbocycles. The molecule has 0 aliphatic heterocycles. The predicted molar refractivity (Wildman–Crippen MR) is 118 cm³/mol. The van der Waals surface area contributed by atoms with Crippen molar-refractivity contribution in [2.75, 3.05) is 19.0 Å². The van der Waals surface area contributed by atoms with E-state index >= 15 is 0 Å². The van der Waals surface area contributed by atoms with Gasteiger partial charge in [-0.15, -0.1) is 11.8 Å². The Morgan fingerprint density at radius 3 is 2.00 bits per heavy atom. The molecule has 0 radical (unpaired) electrons. The van der Waals surface area contributed by atoms with Crippen molar-refractivity contribution < 1.29 is 28.6 Å². The molecular formula is C22H39NO6S. The summed E-state index contributed by atoms with van der Waals surface area (Å²) in [7, 11) is 0. The zero-order valence-electron chi connectivity index (χ0n) is 19.2. The first-order valence-electron chi connectivity index (χ1n) is 11.0. The van der Waals surface area contributed by atoms with E-state index in [1.165, 1.54) is 18.2 Å². The summed E-state index contributed by atoms with van der Waals surface area (Å²) < 4.78 is 14.2. The highest BCUT2D eigenvalue weighted by Crippen LogP contribution is 2.38. The van der Waals surface area contributed by atoms with Gasteiger partial charge in [-0.1, -0.05) is 19.3 Å². The van der Waals surface area contributed by atoms with Crippen LogP contribution < -0.4 is 5.73 Å². The Morgan fingerprint density at radius 2 is 1.53 bits per heavy atom. The van der Waals surface area contributed by atoms with Crippen molar-refractivity contribution >= 4 is 29.7 Å². The second kappa shape index (κ2) is 12.5. The summed E-state index contributed by atoms with van der Waals surface area (Å²) in [6.45, 7) is 8.98. The van der Waals surface area contributed by atoms with Gasteiger partial charge in [-0.2, -0.15) is 0 Å². The standard InChI is InChI=1S/C22H39NO6S/c1-6-27-19(25)22(20(26)28-7-2,30-15-16-11-9-8-10-12-16)17(23)13-14-18(24)29-21(3,4)5/h16-17H,6-15,23H2,1-5H3. The average Bonchev–Trinajstić information content (AvgIpc) is 2.67. The number of hydrogen-bond donors (Lipinski definition) is 1. The van der Waals surface area contributed by atoms with Crippen LogP contribution in [0.3, 0.4) is 0 Å². The third-order valence-electron chi connectivity index (χ3n) is 5.03. The maximum absolute atomic E-state index is 13.0. The molecule has 1 rings (SSSR count). The molecule has 8 heteroatoms. The van der Waals surface area contributed by atoms with E-state index < -0.39 is 34.3 Å². The summed E-state index contributed by atoms with van der Waals surface area (Å²) in [5.41, 5.74) is 5.80. The molecule has 1 aliphatic rings. The number of ether oxygens (including phenoxy) is 3. The van der Waals surface area contributed by atoms with E-state index in [1.807, 2.05) is 0 Å². The summed E-state index contributed by atoms with van der Waals surface area (Å²) in [5, 5.41) is 0. The fourth-order valence-electron chi connectivity index (χ4n) is 3.56. The van der Waals surface area contributed by atoms with Crippen molar-refractivity contribution in [3.05, 3.63) is 0 Å². The molecule has 0 amide bonds. The molecule has 1 aliphatic carbocycles. The van der Waals surface area contributed by atoms with Crippen LogP contribution in [0.2, 0.25) is 0 Å². The lowest BCUT2D eigenvalue weighted by Gasteiger charge is -2.35. The maximum atomic E-state index is 13.0. The minimum absolute atomic E-state index is 0.00296. The number of esters is 3. The van der Waals surface area contributed by atoms with Crippen LogP contribution in [0.4, 0.5) is 0 Å². The molecule has 1 atom stereocenters. The first-order chi connectivity index (χ1) is 14.1. The van der Waals surface area contributed by atoms with Gasteiger partial charge in [-0.05, 0) is 65.6 Å². The van der Waals surface area contributed by atoms with E-state index in [4.69, 9.17) is 19.9 Å². The molecule has 0 aromatic heterocycles. The molecule has 2 N–H and O–H groups in total. The first-order valence-corrected chi connectivity index (χ1v) is 12.0. The van der Waals surface area contributed by atoms with Crippen LogP contribution in [0.15, 0.2) is 0 Å². The molecule has 30 heavy (non-hydrogen) atoms. The highest BCUT2D eigenvalue weighted by Gasteiger charge is 2.54. The third-order valence-corrected chi connectivity index (χ3v) is 6.76. The molecule has 0 bridgehead atoms. The number of hydrogen-bond acceptors (Lipinski definition) is 8. The molecular weight excluding hydrogens is 406 g/mol. The normalized spacial score (nSPS) is 16.6. The Bertz CT molecular complexity index is 550. The summed E-state index contributed by atoms with van der Waals surface area (Å²) in [4.78, 5) is 38.2. The van der Waals surface area contributed by atoms with Gasteiger partial charge < -0.3 is 19.9 Å². The number of rotatable bonds is 11. The van der Waals surface area contributed by atoms with Crippen LogP contribution in [0.1, 0.15) is 79.6 Å². The van der Waals surface area contributed by atoms with Gasteiger partial charge in [0, 0.05) is 12.5 Å². The lowest BCUT2D eigenvalue weighted by molar-refractivity contribution is -0.161. The monoisotopic (exact) mass is 445 g/mol. The van der Waals surface area contributed by atoms with E-state index in [1.54, 1.807) is 34.6 Å². The van der Waals surface area contributed by atoms with Crippen LogP contribution in [-0.4, -0.2) is 53.3 Å². The van der Waals surface area contributed by atoms with Gasteiger partial charge in [0.15, 0.2) is 0 Å². The fourth-order valence-corrected chi connectivity index (χ4v) is 5.08. The van der Waals surface area contributed by atoms with Gasteiger partial charge in [-0.25, -0.2) is 9.59 Å². The minimum Gasteiger partial charge on any atom is -0.464 e. The fraction of sp³-hybridized carbons (Fsp3) is 0.864. The second-order valence-corrected chi connectivity index (χ2v) is 9.99. The highest BCUT2D eigenvalue weighted by atomic mass is 32.2. The Morgan fingerprint density at radius 1 is 1.00 bits per heavy atom. The molecule has 0 heterocycles. The van der Waals surface area contributed by atoms with E-state index in [0.29, 0.717) is 11.7 Å². The summed E-state index contributed by atoms with van der Waals surface area (Å²) in [6, 6.07) is -0.934. The molecule has 1 fully saturated rings. The molecule has 0 aromatic carbocycles. The second-order valence-electron chi connectivity index (χ2n) is 8.72. The summed E-state index contributed by atoms with van der Waals surface area (Å²) in [5.74, 6) is -0.763. The van der Waals surface area contributed by atoms with Crippen LogP contribution in [-0.2, 0) is 28.6 Å². The lowest BCUT2D eigenvalue weighted by Crippen LogP contribution is -2.59. The van der Waals surface area contributed by atoms with Crippen molar-refractivity contribution in [2.24, 2.45) is 11.7 Å². The number of carbonyl (C=O) groups is 3. The number of thioether (sulfide) groups is 1. The Hall–Kier alpha value is -1.28. The molecule has 1 unspecified atom stereocenters. The zero-order chi connectivity index (χ0) is 22.8. The van der Waals surface area contributed by atoms with Gasteiger partial charge in [-0.3, -0.25) is 4.79 Å². The van der Waals surface area contributed by atoms with E-state index in [0.717, 1.165) is 25.7 Å². The van der Waals surface area contributed by atoms with Crippen molar-refractivity contribution in [1.82, 2.24) is 0 Å². The van der Waals surface area contributed by atoms with E-state index in [-0.39, 0.29) is 26.1 Å². The van der Waals surface area contributed by atoms with Crippen LogP contribution in [0.5, 0.6) is 0 Å². The Kier molecular flexibility index (Phi) is 11.2. The average molecular weight is 446 g/mol. The molecule has 7 nitrogen and oxygen atoms in total. The highest BCUT2D eigenvalue weighted by molar-refractivity contribution is 8.02. The SMILES string of the molecule is CCOC(=O)C(SCC1CCCCC1)(C(=O)OCC)C(N)CCC(=O)OC(C)(C)C. The van der Waals surface area contributed by atoms with Crippen molar-refractivity contribution in [2.45, 2.75) is 96.0 Å². The van der Waals surface area contributed by atoms with Gasteiger partial charge in [0.2, 0.25) is 4.75 Å². The third kappa shape index (κ3) is 8.10. The zero-order valence-corrected chi connectivity index (χ0v) is 20.0. The topological polar surface area (TPSA) is 105 Å². The van der Waals surface area contributed by atoms with Crippen LogP contribution in [0.25, 0.3) is 0 Å². The number of nitrogens with two attached hydrogens (primary N) is 1. The number of carbonyl (C=O) groups excluding carboxylic acids is 3. The Balaban J connectivity index is 3.04. The van der Waals surface area contributed by atoms with Gasteiger partial charge >= 0.3 is 17.9 Å². The molecule has 174 valence electrons. The van der Waals surface area contributed by atoms with E-state index in [2.05, 4.69) is 0 Å². The smallest absolute Gasteiger partial charge is 0.335 e. The van der Waals surface area contributed by atoms with Gasteiger partial charge in [0.05, 0.1) is 13.2 Å². The van der Waals surface area contributed by atoms with Crippen LogP contribution in [0, 0.1) is 5.92 Å². The Labute approximate surface area is 185 Å². The van der Waals surface area contributed by atoms with Crippen molar-refractivity contribution in [3.63, 3.8) is 0 Å². The maximum Gasteiger partial charge on any atom is 0.335 e. The molecule has 0 aromatic rings. The van der Waals surface area contributed by atoms with Crippen molar-refractivity contribution in [3.8, 4) is 0 Å². The largest absolute Gasteiger partial charge is 0.464 e. The van der Waals surface area contributed by atoms with E-state index in [9.17, 15) is 14.4 Å².